The lowest BCUT2D eigenvalue weighted by molar-refractivity contribution is 0.104. The van der Waals surface area contributed by atoms with E-state index in [1.807, 2.05) is 37.4 Å². The van der Waals surface area contributed by atoms with Crippen molar-refractivity contribution >= 4 is 40.0 Å². The summed E-state index contributed by atoms with van der Waals surface area (Å²) in [5.74, 6) is 0.104. The first-order valence-electron chi connectivity index (χ1n) is 12.0. The van der Waals surface area contributed by atoms with Gasteiger partial charge in [-0.2, -0.15) is 0 Å². The molecule has 2 aromatic heterocycles. The monoisotopic (exact) mass is 468 g/mol. The number of amides is 2. The molecule has 0 spiro atoms. The number of rotatable bonds is 6. The average Bonchev–Trinajstić information content (AvgIpc) is 3.53. The summed E-state index contributed by atoms with van der Waals surface area (Å²) in [5.41, 5.74) is 10.1. The topological polar surface area (TPSA) is 115 Å². The molecule has 178 valence electrons. The van der Waals surface area contributed by atoms with Gasteiger partial charge < -0.3 is 20.9 Å². The van der Waals surface area contributed by atoms with Gasteiger partial charge in [0.05, 0.1) is 10.9 Å². The van der Waals surface area contributed by atoms with Crippen molar-refractivity contribution in [2.45, 2.75) is 45.1 Å². The van der Waals surface area contributed by atoms with Crippen LogP contribution >= 0.6 is 0 Å². The molecule has 0 aliphatic heterocycles. The Balaban J connectivity index is 1.42. The zero-order valence-corrected chi connectivity index (χ0v) is 19.6. The van der Waals surface area contributed by atoms with Gasteiger partial charge in [0.2, 0.25) is 0 Å². The van der Waals surface area contributed by atoms with Crippen LogP contribution in [0.4, 0.5) is 22.0 Å². The summed E-state index contributed by atoms with van der Waals surface area (Å²) in [6.07, 6.45) is 8.54. The normalized spacial score (nSPS) is 13.7. The van der Waals surface area contributed by atoms with Crippen LogP contribution in [0.2, 0.25) is 0 Å². The predicted molar refractivity (Wildman–Crippen MR) is 138 cm³/mol. The number of ketones is 1. The Morgan fingerprint density at radius 3 is 2.66 bits per heavy atom. The minimum absolute atomic E-state index is 0.186. The highest BCUT2D eigenvalue weighted by molar-refractivity contribution is 6.18. The number of nitrogens with zero attached hydrogens (tertiary/aromatic N) is 3. The molecular formula is C27H28N6O2. The van der Waals surface area contributed by atoms with E-state index in [1.54, 1.807) is 24.3 Å². The van der Waals surface area contributed by atoms with Gasteiger partial charge in [0.25, 0.3) is 0 Å². The van der Waals surface area contributed by atoms with Gasteiger partial charge in [-0.25, -0.2) is 14.8 Å². The molecule has 2 aromatic carbocycles. The van der Waals surface area contributed by atoms with Crippen molar-refractivity contribution in [3.05, 3.63) is 77.7 Å². The number of hydrogen-bond acceptors (Lipinski definition) is 5. The Morgan fingerprint density at radius 2 is 1.86 bits per heavy atom. The second-order valence-corrected chi connectivity index (χ2v) is 8.85. The third-order valence-corrected chi connectivity index (χ3v) is 6.63. The number of nitrogens with two attached hydrogens (primary N) is 1. The number of anilines is 3. The summed E-state index contributed by atoms with van der Waals surface area (Å²) < 4.78 is 2.08. The van der Waals surface area contributed by atoms with Crippen molar-refractivity contribution in [2.24, 2.45) is 0 Å². The molecule has 8 heteroatoms. The number of urea groups is 1. The first-order chi connectivity index (χ1) is 17.0. The van der Waals surface area contributed by atoms with Crippen molar-refractivity contribution in [1.29, 1.82) is 0 Å². The molecule has 1 fully saturated rings. The van der Waals surface area contributed by atoms with E-state index in [0.717, 1.165) is 43.4 Å². The Kier molecular flexibility index (Phi) is 6.18. The standard InChI is InChI=1S/C27H28N6O2/c1-2-17-8-3-6-13-22(17)32-27(35)31-19-10-7-9-18(14-19)24(34)21-15-33(20-11-4-5-12-20)26-23(21)25(28)29-16-30-26/h3,6-10,13-16,20H,2,4-5,11-12H2,1H3,(H2,28,29,30)(H2,31,32,35). The molecule has 35 heavy (non-hydrogen) atoms. The molecule has 0 bridgehead atoms. The van der Waals surface area contributed by atoms with Crippen molar-refractivity contribution in [1.82, 2.24) is 14.5 Å². The van der Waals surface area contributed by atoms with E-state index in [4.69, 9.17) is 5.73 Å². The number of carbonyl (C=O) groups excluding carboxylic acids is 2. The van der Waals surface area contributed by atoms with Gasteiger partial charge in [-0.05, 0) is 43.0 Å². The Morgan fingerprint density at radius 1 is 1.06 bits per heavy atom. The maximum Gasteiger partial charge on any atom is 0.323 e. The molecule has 0 saturated heterocycles. The molecule has 2 heterocycles. The quantitative estimate of drug-likeness (QED) is 0.320. The molecule has 0 unspecified atom stereocenters. The molecular weight excluding hydrogens is 440 g/mol. The van der Waals surface area contributed by atoms with Crippen molar-refractivity contribution in [3.8, 4) is 0 Å². The van der Waals surface area contributed by atoms with E-state index in [9.17, 15) is 9.59 Å². The van der Waals surface area contributed by atoms with Crippen LogP contribution < -0.4 is 16.4 Å². The summed E-state index contributed by atoms with van der Waals surface area (Å²) in [5, 5.41) is 6.30. The average molecular weight is 469 g/mol. The summed E-state index contributed by atoms with van der Waals surface area (Å²) in [6, 6.07) is 14.5. The number of aromatic nitrogens is 3. The molecule has 4 N–H and O–H groups in total. The van der Waals surface area contributed by atoms with E-state index < -0.39 is 0 Å². The number of aryl methyl sites for hydroxylation is 1. The van der Waals surface area contributed by atoms with Crippen LogP contribution in [0, 0.1) is 0 Å². The minimum Gasteiger partial charge on any atom is -0.383 e. The molecule has 1 aliphatic carbocycles. The predicted octanol–water partition coefficient (Wildman–Crippen LogP) is 5.57. The lowest BCUT2D eigenvalue weighted by Crippen LogP contribution is -2.20. The van der Waals surface area contributed by atoms with E-state index in [-0.39, 0.29) is 11.8 Å². The molecule has 4 aromatic rings. The van der Waals surface area contributed by atoms with Gasteiger partial charge in [0.15, 0.2) is 5.78 Å². The van der Waals surface area contributed by atoms with Crippen LogP contribution in [-0.2, 0) is 6.42 Å². The lowest BCUT2D eigenvalue weighted by Gasteiger charge is -2.12. The van der Waals surface area contributed by atoms with E-state index in [1.165, 1.54) is 6.33 Å². The molecule has 1 aliphatic rings. The van der Waals surface area contributed by atoms with Crippen LogP contribution in [0.15, 0.2) is 61.1 Å². The summed E-state index contributed by atoms with van der Waals surface area (Å²) >= 11 is 0. The van der Waals surface area contributed by atoms with Crippen LogP contribution in [-0.4, -0.2) is 26.3 Å². The van der Waals surface area contributed by atoms with Crippen LogP contribution in [0.5, 0.6) is 0 Å². The smallest absolute Gasteiger partial charge is 0.323 e. The summed E-state index contributed by atoms with van der Waals surface area (Å²) in [7, 11) is 0. The first-order valence-corrected chi connectivity index (χ1v) is 12.0. The maximum absolute atomic E-state index is 13.6. The lowest BCUT2D eigenvalue weighted by atomic mass is 10.0. The second kappa shape index (κ2) is 9.58. The van der Waals surface area contributed by atoms with E-state index >= 15 is 0 Å². The summed E-state index contributed by atoms with van der Waals surface area (Å²) in [6.45, 7) is 2.04. The molecule has 0 atom stereocenters. The van der Waals surface area contributed by atoms with Crippen LogP contribution in [0.25, 0.3) is 11.0 Å². The minimum atomic E-state index is -0.369. The maximum atomic E-state index is 13.6. The van der Waals surface area contributed by atoms with Gasteiger partial charge in [-0.3, -0.25) is 4.79 Å². The number of fused-ring (bicyclic) bond motifs is 1. The largest absolute Gasteiger partial charge is 0.383 e. The van der Waals surface area contributed by atoms with Crippen LogP contribution in [0.1, 0.15) is 60.1 Å². The zero-order chi connectivity index (χ0) is 24.4. The van der Waals surface area contributed by atoms with E-state index in [0.29, 0.717) is 39.7 Å². The first kappa shape index (κ1) is 22.6. The van der Waals surface area contributed by atoms with Gasteiger partial charge >= 0.3 is 6.03 Å². The second-order valence-electron chi connectivity index (χ2n) is 8.85. The van der Waals surface area contributed by atoms with Crippen molar-refractivity contribution in [3.63, 3.8) is 0 Å². The fourth-order valence-corrected chi connectivity index (χ4v) is 4.87. The van der Waals surface area contributed by atoms with Crippen molar-refractivity contribution in [2.75, 3.05) is 16.4 Å². The third kappa shape index (κ3) is 4.47. The number of carbonyl (C=O) groups is 2. The Labute approximate surface area is 203 Å². The van der Waals surface area contributed by atoms with Crippen molar-refractivity contribution < 1.29 is 9.59 Å². The number of nitrogen functional groups attached to an aromatic ring is 1. The Bertz CT molecular complexity index is 1400. The number of para-hydroxylation sites is 1. The number of nitrogens with one attached hydrogen (secondary N) is 2. The highest BCUT2D eigenvalue weighted by Crippen LogP contribution is 2.35. The highest BCUT2D eigenvalue weighted by atomic mass is 16.2. The fourth-order valence-electron chi connectivity index (χ4n) is 4.87. The third-order valence-electron chi connectivity index (χ3n) is 6.63. The highest BCUT2D eigenvalue weighted by Gasteiger charge is 2.25. The van der Waals surface area contributed by atoms with Gasteiger partial charge in [-0.1, -0.05) is 50.1 Å². The number of benzene rings is 2. The van der Waals surface area contributed by atoms with Gasteiger partial charge in [0.1, 0.15) is 17.8 Å². The zero-order valence-electron chi connectivity index (χ0n) is 19.6. The molecule has 0 radical (unpaired) electrons. The number of hydrogen-bond donors (Lipinski definition) is 3. The van der Waals surface area contributed by atoms with Gasteiger partial charge in [0, 0.05) is 29.2 Å². The molecule has 8 nitrogen and oxygen atoms in total. The van der Waals surface area contributed by atoms with Gasteiger partial charge in [-0.15, -0.1) is 0 Å². The fraction of sp³-hybridized carbons (Fsp3) is 0.259. The van der Waals surface area contributed by atoms with E-state index in [2.05, 4.69) is 25.2 Å². The molecule has 5 rings (SSSR count). The Hall–Kier alpha value is -4.20. The van der Waals surface area contributed by atoms with Crippen LogP contribution in [0.3, 0.4) is 0 Å². The molecule has 2 amide bonds. The summed E-state index contributed by atoms with van der Waals surface area (Å²) in [4.78, 5) is 34.8. The SMILES string of the molecule is CCc1ccccc1NC(=O)Nc1cccc(C(=O)c2cn(C3CCCC3)c3ncnc(N)c23)c1. The molecule has 1 saturated carbocycles.